The Hall–Kier alpha value is -1.60. The maximum Gasteiger partial charge on any atom is 0.0240 e. The van der Waals surface area contributed by atoms with E-state index in [1.807, 2.05) is 0 Å². The van der Waals surface area contributed by atoms with E-state index in [1.54, 1.807) is 0 Å². The Labute approximate surface area is 180 Å². The van der Waals surface area contributed by atoms with Crippen LogP contribution in [-0.2, 0) is 13.1 Å². The molecule has 0 aliphatic rings. The zero-order valence-corrected chi connectivity index (χ0v) is 19.3. The van der Waals surface area contributed by atoms with Gasteiger partial charge in [0.2, 0.25) is 0 Å². The summed E-state index contributed by atoms with van der Waals surface area (Å²) in [6.45, 7) is 10.1. The summed E-state index contributed by atoms with van der Waals surface area (Å²) >= 11 is 0. The molecule has 2 aromatic rings. The molecule has 1 nitrogen and oxygen atoms in total. The number of hydrogen-bond acceptors (Lipinski definition) is 1. The molecule has 0 saturated heterocycles. The summed E-state index contributed by atoms with van der Waals surface area (Å²) in [5.41, 5.74) is 5.76. The number of benzene rings is 2. The molecule has 160 valence electrons. The van der Waals surface area contributed by atoms with E-state index in [0.717, 1.165) is 13.1 Å². The molecule has 0 N–H and O–H groups in total. The fraction of sp³-hybridized carbons (Fsp3) is 0.571. The van der Waals surface area contributed by atoms with Gasteiger partial charge in [-0.15, -0.1) is 0 Å². The van der Waals surface area contributed by atoms with Crippen molar-refractivity contribution in [2.24, 2.45) is 0 Å². The number of nitrogens with zero attached hydrogens (tertiary/aromatic N) is 1. The molecule has 29 heavy (non-hydrogen) atoms. The van der Waals surface area contributed by atoms with Crippen molar-refractivity contribution >= 4 is 0 Å². The summed E-state index contributed by atoms with van der Waals surface area (Å²) in [6, 6.07) is 17.7. The van der Waals surface area contributed by atoms with Crippen LogP contribution in [0.25, 0.3) is 0 Å². The van der Waals surface area contributed by atoms with Crippen LogP contribution in [-0.4, -0.2) is 11.4 Å². The molecule has 0 saturated carbocycles. The summed E-state index contributed by atoms with van der Waals surface area (Å²) in [7, 11) is 0. The van der Waals surface area contributed by atoms with Gasteiger partial charge < -0.3 is 0 Å². The topological polar surface area (TPSA) is 3.24 Å². The lowest BCUT2D eigenvalue weighted by Gasteiger charge is -2.24. The lowest BCUT2D eigenvalue weighted by Crippen LogP contribution is -2.24. The van der Waals surface area contributed by atoms with E-state index in [2.05, 4.69) is 74.2 Å². The maximum atomic E-state index is 2.64. The lowest BCUT2D eigenvalue weighted by molar-refractivity contribution is 0.249. The van der Waals surface area contributed by atoms with E-state index in [0.29, 0.717) is 0 Å². The molecular formula is C28H43N. The molecule has 0 spiro atoms. The SMILES string of the molecule is CCCCCCCCCCCCN(Cc1ccccc1)Cc1cccc(C)c1C. The van der Waals surface area contributed by atoms with E-state index in [1.165, 1.54) is 93.0 Å². The van der Waals surface area contributed by atoms with Crippen molar-refractivity contribution in [2.75, 3.05) is 6.54 Å². The van der Waals surface area contributed by atoms with Gasteiger partial charge in [0, 0.05) is 13.1 Å². The van der Waals surface area contributed by atoms with Crippen LogP contribution in [0.15, 0.2) is 48.5 Å². The van der Waals surface area contributed by atoms with Gasteiger partial charge in [-0.2, -0.15) is 0 Å². The summed E-state index contributed by atoms with van der Waals surface area (Å²) in [5.74, 6) is 0. The molecule has 0 amide bonds. The van der Waals surface area contributed by atoms with Gasteiger partial charge in [-0.3, -0.25) is 4.90 Å². The van der Waals surface area contributed by atoms with Gasteiger partial charge >= 0.3 is 0 Å². The first kappa shape index (κ1) is 23.7. The average Bonchev–Trinajstić information content (AvgIpc) is 2.73. The average molecular weight is 394 g/mol. The van der Waals surface area contributed by atoms with Crippen LogP contribution in [0.3, 0.4) is 0 Å². The van der Waals surface area contributed by atoms with E-state index < -0.39 is 0 Å². The summed E-state index contributed by atoms with van der Waals surface area (Å²) in [4.78, 5) is 2.64. The summed E-state index contributed by atoms with van der Waals surface area (Å²) in [6.07, 6.45) is 14.0. The van der Waals surface area contributed by atoms with Crippen LogP contribution in [0.5, 0.6) is 0 Å². The number of rotatable bonds is 15. The van der Waals surface area contributed by atoms with Gasteiger partial charge in [-0.25, -0.2) is 0 Å². The van der Waals surface area contributed by atoms with Crippen LogP contribution >= 0.6 is 0 Å². The zero-order valence-electron chi connectivity index (χ0n) is 19.3. The van der Waals surface area contributed by atoms with Crippen LogP contribution in [0, 0.1) is 13.8 Å². The van der Waals surface area contributed by atoms with E-state index >= 15 is 0 Å². The quantitative estimate of drug-likeness (QED) is 0.275. The highest BCUT2D eigenvalue weighted by molar-refractivity contribution is 5.33. The molecule has 2 aromatic carbocycles. The molecule has 2 rings (SSSR count). The molecule has 1 heteroatoms. The Morgan fingerprint density at radius 3 is 1.90 bits per heavy atom. The maximum absolute atomic E-state index is 2.64. The molecule has 0 aromatic heterocycles. The first-order chi connectivity index (χ1) is 14.2. The lowest BCUT2D eigenvalue weighted by atomic mass is 10.0. The van der Waals surface area contributed by atoms with Crippen molar-refractivity contribution in [3.63, 3.8) is 0 Å². The number of hydrogen-bond donors (Lipinski definition) is 0. The predicted octanol–water partition coefficient (Wildman–Crippen LogP) is 8.23. The molecule has 0 atom stereocenters. The van der Waals surface area contributed by atoms with Gasteiger partial charge in [-0.1, -0.05) is 113 Å². The third-order valence-electron chi connectivity index (χ3n) is 6.19. The van der Waals surface area contributed by atoms with Crippen LogP contribution in [0.4, 0.5) is 0 Å². The Morgan fingerprint density at radius 2 is 1.24 bits per heavy atom. The van der Waals surface area contributed by atoms with Crippen LogP contribution in [0.1, 0.15) is 93.4 Å². The highest BCUT2D eigenvalue weighted by Crippen LogP contribution is 2.18. The molecule has 0 heterocycles. The molecule has 0 radical (unpaired) electrons. The fourth-order valence-electron chi connectivity index (χ4n) is 4.10. The standard InChI is InChI=1S/C28H43N/c1-4-5-6-7-8-9-10-11-12-16-22-29(23-27-19-14-13-15-20-27)24-28-21-17-18-25(2)26(28)3/h13-15,17-21H,4-12,16,22-24H2,1-3H3. The predicted molar refractivity (Wildman–Crippen MR) is 128 cm³/mol. The first-order valence-electron chi connectivity index (χ1n) is 12.0. The normalized spacial score (nSPS) is 11.3. The fourth-order valence-corrected chi connectivity index (χ4v) is 4.10. The first-order valence-corrected chi connectivity index (χ1v) is 12.0. The second-order valence-electron chi connectivity index (χ2n) is 8.74. The number of aryl methyl sites for hydroxylation is 1. The second kappa shape index (κ2) is 14.4. The van der Waals surface area contributed by atoms with Gasteiger partial charge in [0.1, 0.15) is 0 Å². The minimum Gasteiger partial charge on any atom is -0.295 e. The van der Waals surface area contributed by atoms with Gasteiger partial charge in [0.15, 0.2) is 0 Å². The van der Waals surface area contributed by atoms with E-state index in [9.17, 15) is 0 Å². The van der Waals surface area contributed by atoms with Crippen molar-refractivity contribution < 1.29 is 0 Å². The molecule has 0 fully saturated rings. The van der Waals surface area contributed by atoms with Crippen molar-refractivity contribution in [3.05, 3.63) is 70.8 Å². The summed E-state index contributed by atoms with van der Waals surface area (Å²) < 4.78 is 0. The second-order valence-corrected chi connectivity index (χ2v) is 8.74. The van der Waals surface area contributed by atoms with Crippen LogP contribution < -0.4 is 0 Å². The summed E-state index contributed by atoms with van der Waals surface area (Å²) in [5, 5.41) is 0. The molecule has 0 unspecified atom stereocenters. The minimum absolute atomic E-state index is 1.05. The highest BCUT2D eigenvalue weighted by atomic mass is 15.1. The van der Waals surface area contributed by atoms with Crippen molar-refractivity contribution in [1.82, 2.24) is 4.90 Å². The monoisotopic (exact) mass is 393 g/mol. The Morgan fingerprint density at radius 1 is 0.621 bits per heavy atom. The largest absolute Gasteiger partial charge is 0.295 e. The van der Waals surface area contributed by atoms with Gasteiger partial charge in [0.05, 0.1) is 0 Å². The molecule has 0 bridgehead atoms. The Bertz CT molecular complexity index is 661. The van der Waals surface area contributed by atoms with Crippen LogP contribution in [0.2, 0.25) is 0 Å². The zero-order chi connectivity index (χ0) is 20.7. The molecular weight excluding hydrogens is 350 g/mol. The Balaban J connectivity index is 1.76. The highest BCUT2D eigenvalue weighted by Gasteiger charge is 2.09. The van der Waals surface area contributed by atoms with Crippen molar-refractivity contribution in [2.45, 2.75) is 98.1 Å². The molecule has 0 aliphatic heterocycles. The number of unbranched alkanes of at least 4 members (excludes halogenated alkanes) is 9. The van der Waals surface area contributed by atoms with Crippen molar-refractivity contribution in [3.8, 4) is 0 Å². The minimum atomic E-state index is 1.05. The van der Waals surface area contributed by atoms with E-state index in [4.69, 9.17) is 0 Å². The smallest absolute Gasteiger partial charge is 0.0240 e. The third-order valence-corrected chi connectivity index (χ3v) is 6.19. The van der Waals surface area contributed by atoms with Gasteiger partial charge in [-0.05, 0) is 49.1 Å². The van der Waals surface area contributed by atoms with E-state index in [-0.39, 0.29) is 0 Å². The van der Waals surface area contributed by atoms with Gasteiger partial charge in [0.25, 0.3) is 0 Å². The molecule has 0 aliphatic carbocycles. The Kier molecular flexibility index (Phi) is 11.8. The third kappa shape index (κ3) is 9.63. The van der Waals surface area contributed by atoms with Crippen molar-refractivity contribution in [1.29, 1.82) is 0 Å².